The van der Waals surface area contributed by atoms with Crippen LogP contribution in [-0.4, -0.2) is 57.3 Å². The van der Waals surface area contributed by atoms with Gasteiger partial charge in [0.25, 0.3) is 0 Å². The minimum atomic E-state index is 0.0625. The maximum atomic E-state index is 9.58. The van der Waals surface area contributed by atoms with Gasteiger partial charge in [-0.25, -0.2) is 0 Å². The Bertz CT molecular complexity index is 1390. The number of nitrogens with one attached hydrogen (secondary N) is 1. The van der Waals surface area contributed by atoms with Gasteiger partial charge in [0, 0.05) is 36.3 Å². The van der Waals surface area contributed by atoms with Crippen LogP contribution in [0.2, 0.25) is 0 Å². The summed E-state index contributed by atoms with van der Waals surface area (Å²) in [6, 6.07) is 20.2. The van der Waals surface area contributed by atoms with Crippen molar-refractivity contribution in [3.63, 3.8) is 0 Å². The molecule has 232 valence electrons. The third-order valence-electron chi connectivity index (χ3n) is 8.10. The molecule has 43 heavy (non-hydrogen) atoms. The molecule has 7 nitrogen and oxygen atoms in total. The van der Waals surface area contributed by atoms with E-state index >= 15 is 0 Å². The number of methoxy groups -OCH3 is 2. The Kier molecular flexibility index (Phi) is 12.9. The van der Waals surface area contributed by atoms with Gasteiger partial charge in [0.15, 0.2) is 0 Å². The normalized spacial score (nSPS) is 19.1. The summed E-state index contributed by atoms with van der Waals surface area (Å²) in [5.41, 5.74) is 3.25. The van der Waals surface area contributed by atoms with E-state index in [-0.39, 0.29) is 13.2 Å². The van der Waals surface area contributed by atoms with Crippen LogP contribution in [0.5, 0.6) is 17.2 Å². The lowest BCUT2D eigenvalue weighted by Crippen LogP contribution is -2.37. The average Bonchev–Trinajstić information content (AvgIpc) is 3.06. The predicted molar refractivity (Wildman–Crippen MR) is 171 cm³/mol. The lowest BCUT2D eigenvalue weighted by atomic mass is 9.81. The molecule has 1 aliphatic carbocycles. The Morgan fingerprint density at radius 2 is 1.72 bits per heavy atom. The molecule has 2 aliphatic rings. The van der Waals surface area contributed by atoms with E-state index in [1.165, 1.54) is 10.8 Å². The lowest BCUT2D eigenvalue weighted by Gasteiger charge is -2.31. The van der Waals surface area contributed by atoms with E-state index in [4.69, 9.17) is 24.1 Å². The van der Waals surface area contributed by atoms with Gasteiger partial charge in [-0.1, -0.05) is 49.4 Å². The molecule has 3 N–H and O–H groups in total. The second kappa shape index (κ2) is 17.1. The maximum Gasteiger partial charge on any atom is 0.126 e. The van der Waals surface area contributed by atoms with Gasteiger partial charge in [-0.05, 0) is 77.9 Å². The first-order chi connectivity index (χ1) is 21.1. The molecule has 3 atom stereocenters. The number of rotatable bonds is 12. The fourth-order valence-electron chi connectivity index (χ4n) is 5.70. The molecule has 0 saturated carbocycles. The zero-order valence-corrected chi connectivity index (χ0v) is 25.8. The number of ether oxygens (including phenoxy) is 4. The van der Waals surface area contributed by atoms with Crippen LogP contribution in [0, 0.1) is 11.8 Å². The van der Waals surface area contributed by atoms with Gasteiger partial charge >= 0.3 is 0 Å². The highest BCUT2D eigenvalue weighted by Crippen LogP contribution is 2.31. The van der Waals surface area contributed by atoms with Crippen LogP contribution in [0.25, 0.3) is 12.2 Å². The first-order valence-electron chi connectivity index (χ1n) is 15.3. The molecule has 0 aromatic heterocycles. The number of para-hydroxylation sites is 1. The summed E-state index contributed by atoms with van der Waals surface area (Å²) in [4.78, 5) is 0. The Hall–Kier alpha value is -3.36. The van der Waals surface area contributed by atoms with Crippen molar-refractivity contribution in [3.05, 3.63) is 87.8 Å². The van der Waals surface area contributed by atoms with Crippen LogP contribution in [-0.2, 0) is 18.0 Å². The number of hydrogen-bond acceptors (Lipinski definition) is 7. The summed E-state index contributed by atoms with van der Waals surface area (Å²) in [5.74, 6) is 3.87. The highest BCUT2D eigenvalue weighted by Gasteiger charge is 2.25. The Labute approximate surface area is 255 Å². The largest absolute Gasteiger partial charge is 0.496 e. The second-order valence-corrected chi connectivity index (χ2v) is 11.2. The molecule has 0 amide bonds. The molecule has 5 rings (SSSR count). The second-order valence-electron chi connectivity index (χ2n) is 11.2. The number of benzene rings is 3. The molecule has 0 bridgehead atoms. The van der Waals surface area contributed by atoms with Gasteiger partial charge in [0.2, 0.25) is 0 Å². The molecule has 0 radical (unpaired) electrons. The molecular formula is C36H47NO6. The molecule has 1 aliphatic heterocycles. The van der Waals surface area contributed by atoms with Crippen LogP contribution in [0.15, 0.2) is 60.7 Å². The molecule has 3 aromatic rings. The highest BCUT2D eigenvalue weighted by molar-refractivity contribution is 5.47. The monoisotopic (exact) mass is 589 g/mol. The van der Waals surface area contributed by atoms with E-state index in [2.05, 4.69) is 36.5 Å². The van der Waals surface area contributed by atoms with Gasteiger partial charge in [-0.3, -0.25) is 0 Å². The fourth-order valence-corrected chi connectivity index (χ4v) is 5.70. The molecule has 3 aromatic carbocycles. The Balaban J connectivity index is 0.000000237. The molecule has 1 heterocycles. The third-order valence-corrected chi connectivity index (χ3v) is 8.10. The summed E-state index contributed by atoms with van der Waals surface area (Å²) < 4.78 is 22.2. The Morgan fingerprint density at radius 3 is 2.47 bits per heavy atom. The zero-order valence-electron chi connectivity index (χ0n) is 25.8. The summed E-state index contributed by atoms with van der Waals surface area (Å²) in [7, 11) is 3.34. The number of fused-ring (bicyclic) bond motifs is 1. The van der Waals surface area contributed by atoms with Crippen molar-refractivity contribution in [3.8, 4) is 17.2 Å². The molecule has 7 heteroatoms. The highest BCUT2D eigenvalue weighted by atomic mass is 16.5. The van der Waals surface area contributed by atoms with E-state index in [9.17, 15) is 5.11 Å². The van der Waals surface area contributed by atoms with E-state index in [0.717, 1.165) is 65.9 Å². The standard InChI is InChI=1S/C23H31NO4.C13H16O2/c1-26-23-6-3-2-5-19(23)17-27-13-4-14-28-21-9-7-18(8-10-21)22-11-12-24-15-20(22)16-25;1-9-3-4-11-6-10(8-14)7-13(15-2)12(11)5-9/h2-3,5-10,20,22,24-25H,4,11-17H2,1H3;4-7,9,14H,3,8H2,1-2H3/t20-,22?;/m0./s1. The van der Waals surface area contributed by atoms with Crippen molar-refractivity contribution in [2.45, 2.75) is 45.3 Å². The first-order valence-corrected chi connectivity index (χ1v) is 15.3. The van der Waals surface area contributed by atoms with Gasteiger partial charge in [0.05, 0.1) is 40.6 Å². The van der Waals surface area contributed by atoms with Crippen LogP contribution >= 0.6 is 0 Å². The topological polar surface area (TPSA) is 89.4 Å². The first kappa shape index (κ1) is 32.6. The molecule has 1 fully saturated rings. The van der Waals surface area contributed by atoms with Crippen LogP contribution in [0.1, 0.15) is 48.8 Å². The number of aliphatic hydroxyl groups is 2. The van der Waals surface area contributed by atoms with Gasteiger partial charge < -0.3 is 34.5 Å². The van der Waals surface area contributed by atoms with E-state index in [0.29, 0.717) is 37.6 Å². The van der Waals surface area contributed by atoms with E-state index in [1.807, 2.05) is 48.5 Å². The number of piperidine rings is 1. The average molecular weight is 590 g/mol. The van der Waals surface area contributed by atoms with Gasteiger partial charge in [-0.2, -0.15) is 0 Å². The van der Waals surface area contributed by atoms with Crippen molar-refractivity contribution >= 4 is 12.2 Å². The number of hydrogen-bond donors (Lipinski definition) is 3. The van der Waals surface area contributed by atoms with E-state index < -0.39 is 0 Å². The van der Waals surface area contributed by atoms with Crippen LogP contribution in [0.3, 0.4) is 0 Å². The maximum absolute atomic E-state index is 9.58. The number of aliphatic hydroxyl groups excluding tert-OH is 2. The van der Waals surface area contributed by atoms with E-state index in [1.54, 1.807) is 14.2 Å². The van der Waals surface area contributed by atoms with Crippen molar-refractivity contribution < 1.29 is 29.2 Å². The summed E-state index contributed by atoms with van der Waals surface area (Å²) in [6.45, 7) is 6.18. The van der Waals surface area contributed by atoms with Crippen molar-refractivity contribution in [2.75, 3.05) is 47.1 Å². The van der Waals surface area contributed by atoms with Gasteiger partial charge in [0.1, 0.15) is 17.2 Å². The zero-order chi connectivity index (χ0) is 30.4. The molecule has 1 saturated heterocycles. The summed E-state index contributed by atoms with van der Waals surface area (Å²) in [5, 5.41) is 24.4. The minimum Gasteiger partial charge on any atom is -0.496 e. The minimum absolute atomic E-state index is 0.0625. The smallest absolute Gasteiger partial charge is 0.126 e. The lowest BCUT2D eigenvalue weighted by molar-refractivity contribution is 0.105. The van der Waals surface area contributed by atoms with Crippen molar-refractivity contribution in [2.24, 2.45) is 11.8 Å². The Morgan fingerprint density at radius 1 is 0.930 bits per heavy atom. The fraction of sp³-hybridized carbons (Fsp3) is 0.444. The van der Waals surface area contributed by atoms with Crippen LogP contribution in [0.4, 0.5) is 0 Å². The van der Waals surface area contributed by atoms with Crippen molar-refractivity contribution in [1.29, 1.82) is 0 Å². The quantitative estimate of drug-likeness (QED) is 0.274. The van der Waals surface area contributed by atoms with Gasteiger partial charge in [-0.15, -0.1) is 0 Å². The molecular weight excluding hydrogens is 542 g/mol. The third kappa shape index (κ3) is 9.31. The summed E-state index contributed by atoms with van der Waals surface area (Å²) in [6.07, 6.45) is 7.40. The SMILES string of the molecule is COc1cc(CO)cc2c1=CC(C)CC=2.COc1ccccc1COCCCOc1ccc(C2CCNC[C@H]2CO)cc1. The van der Waals surface area contributed by atoms with Crippen molar-refractivity contribution in [1.82, 2.24) is 5.32 Å². The molecule has 0 spiro atoms. The predicted octanol–water partition coefficient (Wildman–Crippen LogP) is 4.15. The summed E-state index contributed by atoms with van der Waals surface area (Å²) >= 11 is 0. The van der Waals surface area contributed by atoms with Crippen LogP contribution < -0.4 is 30.0 Å². The molecule has 2 unspecified atom stereocenters.